The second-order valence-corrected chi connectivity index (χ2v) is 11.3. The Labute approximate surface area is 286 Å². The van der Waals surface area contributed by atoms with E-state index in [2.05, 4.69) is 38.9 Å². The number of aromatic nitrogens is 4. The molecule has 9 heteroatoms. The summed E-state index contributed by atoms with van der Waals surface area (Å²) in [5.41, 5.74) is 7.94. The van der Waals surface area contributed by atoms with Gasteiger partial charge in [0.2, 0.25) is 0 Å². The number of fused-ring (bicyclic) bond motifs is 3. The van der Waals surface area contributed by atoms with Crippen LogP contribution in [0.15, 0.2) is 79.3 Å². The SMILES string of the molecule is COc1c(C)c(C)c(C)c(OC)c1-c1cnn(-c2[c-]c(Oc3[c-]c4c(cc3)c3ccccc3n4-c3cc(C)ccn3)cc(F)c2)c1.[Pt+2]. The van der Waals surface area contributed by atoms with E-state index in [1.807, 2.05) is 64.1 Å². The molecule has 3 aromatic heterocycles. The van der Waals surface area contributed by atoms with Gasteiger partial charge in [0.05, 0.1) is 26.0 Å². The molecule has 0 N–H and O–H groups in total. The third kappa shape index (κ3) is 5.57. The summed E-state index contributed by atoms with van der Waals surface area (Å²) in [7, 11) is 3.28. The van der Waals surface area contributed by atoms with Crippen molar-refractivity contribution in [3.8, 4) is 45.6 Å². The van der Waals surface area contributed by atoms with E-state index in [1.165, 1.54) is 12.1 Å². The average Bonchev–Trinajstić information content (AvgIpc) is 3.66. The van der Waals surface area contributed by atoms with Crippen molar-refractivity contribution in [2.45, 2.75) is 27.7 Å². The molecule has 3 heterocycles. The van der Waals surface area contributed by atoms with Crippen molar-refractivity contribution in [3.05, 3.63) is 119 Å². The van der Waals surface area contributed by atoms with Crippen LogP contribution in [0, 0.1) is 45.6 Å². The van der Waals surface area contributed by atoms with E-state index >= 15 is 4.39 Å². The van der Waals surface area contributed by atoms with Crippen LogP contribution in [0.1, 0.15) is 22.3 Å². The molecule has 47 heavy (non-hydrogen) atoms. The van der Waals surface area contributed by atoms with Crippen molar-refractivity contribution in [1.82, 2.24) is 19.3 Å². The van der Waals surface area contributed by atoms with Gasteiger partial charge in [-0.25, -0.2) is 9.37 Å². The maximum absolute atomic E-state index is 15.0. The Bertz CT molecular complexity index is 2260. The molecule has 0 spiro atoms. The molecule has 0 bridgehead atoms. The van der Waals surface area contributed by atoms with Crippen LogP contribution in [-0.4, -0.2) is 33.6 Å². The number of nitrogens with zero attached hydrogens (tertiary/aromatic N) is 4. The molecule has 0 aliphatic rings. The molecule has 0 aliphatic carbocycles. The van der Waals surface area contributed by atoms with E-state index in [1.54, 1.807) is 37.5 Å². The summed E-state index contributed by atoms with van der Waals surface area (Å²) in [6, 6.07) is 25.2. The fraction of sp³-hybridized carbons (Fsp3) is 0.158. The minimum Gasteiger partial charge on any atom is -0.509 e. The van der Waals surface area contributed by atoms with E-state index in [-0.39, 0.29) is 26.8 Å². The van der Waals surface area contributed by atoms with Crippen LogP contribution in [0.3, 0.4) is 0 Å². The van der Waals surface area contributed by atoms with Gasteiger partial charge in [-0.1, -0.05) is 29.8 Å². The Morgan fingerprint density at radius 3 is 2.26 bits per heavy atom. The second-order valence-electron chi connectivity index (χ2n) is 11.3. The van der Waals surface area contributed by atoms with Crippen molar-refractivity contribution in [2.24, 2.45) is 0 Å². The van der Waals surface area contributed by atoms with Gasteiger partial charge in [0.25, 0.3) is 0 Å². The van der Waals surface area contributed by atoms with Gasteiger partial charge in [-0.2, -0.15) is 11.2 Å². The molecule has 7 nitrogen and oxygen atoms in total. The Morgan fingerprint density at radius 2 is 1.53 bits per heavy atom. The van der Waals surface area contributed by atoms with Crippen LogP contribution in [0.2, 0.25) is 0 Å². The molecule has 0 atom stereocenters. The first kappa shape index (κ1) is 32.0. The number of benzene rings is 4. The molecular formula is C38H31FN4O3Pt. The molecule has 0 aliphatic heterocycles. The number of aryl methyl sites for hydroxylation is 1. The Kier molecular flexibility index (Phi) is 8.64. The van der Waals surface area contributed by atoms with Gasteiger partial charge in [0, 0.05) is 40.8 Å². The van der Waals surface area contributed by atoms with Crippen molar-refractivity contribution < 1.29 is 39.7 Å². The van der Waals surface area contributed by atoms with Gasteiger partial charge in [-0.3, -0.25) is 4.68 Å². The Balaban J connectivity index is 0.00000386. The first-order chi connectivity index (χ1) is 22.3. The number of hydrogen-bond donors (Lipinski definition) is 0. The normalized spacial score (nSPS) is 11.1. The first-order valence-corrected chi connectivity index (χ1v) is 14.8. The molecule has 7 rings (SSSR count). The summed E-state index contributed by atoms with van der Waals surface area (Å²) < 4.78 is 36.5. The van der Waals surface area contributed by atoms with Gasteiger partial charge >= 0.3 is 21.1 Å². The van der Waals surface area contributed by atoms with Gasteiger partial charge in [0.1, 0.15) is 17.3 Å². The van der Waals surface area contributed by atoms with Crippen LogP contribution in [0.25, 0.3) is 44.4 Å². The molecule has 7 aromatic rings. The molecule has 0 amide bonds. The summed E-state index contributed by atoms with van der Waals surface area (Å²) in [5, 5.41) is 6.62. The second kappa shape index (κ2) is 12.7. The molecule has 0 fully saturated rings. The predicted molar refractivity (Wildman–Crippen MR) is 177 cm³/mol. The molecular weight excluding hydrogens is 775 g/mol. The molecule has 0 saturated heterocycles. The number of pyridine rings is 1. The average molecular weight is 806 g/mol. The monoisotopic (exact) mass is 805 g/mol. The molecule has 238 valence electrons. The standard InChI is InChI=1S/C38H31FN4O3.Pt/c1-22-13-14-40-35(15-22)43-33-10-8-7-9-31(33)32-12-11-29(19-34(32)43)46-30-17-27(39)16-28(18-30)42-21-26(20-41-42)36-37(44-5)24(3)23(2)25(4)38(36)45-6;/h7-17,20-21H,1-6H3;/q-2;+2. The van der Waals surface area contributed by atoms with Crippen molar-refractivity contribution in [2.75, 3.05) is 14.2 Å². The zero-order valence-electron chi connectivity index (χ0n) is 26.7. The topological polar surface area (TPSA) is 63.3 Å². The third-order valence-electron chi connectivity index (χ3n) is 8.49. The van der Waals surface area contributed by atoms with Crippen molar-refractivity contribution in [3.63, 3.8) is 0 Å². The third-order valence-corrected chi connectivity index (χ3v) is 8.49. The van der Waals surface area contributed by atoms with Crippen LogP contribution < -0.4 is 14.2 Å². The predicted octanol–water partition coefficient (Wildman–Crippen LogP) is 8.81. The zero-order valence-corrected chi connectivity index (χ0v) is 29.0. The summed E-state index contributed by atoms with van der Waals surface area (Å²) in [6.45, 7) is 8.11. The quantitative estimate of drug-likeness (QED) is 0.151. The van der Waals surface area contributed by atoms with Gasteiger partial charge < -0.3 is 18.8 Å². The van der Waals surface area contributed by atoms with E-state index in [4.69, 9.17) is 14.2 Å². The summed E-state index contributed by atoms with van der Waals surface area (Å²) in [5.74, 6) is 2.30. The first-order valence-electron chi connectivity index (χ1n) is 14.8. The summed E-state index contributed by atoms with van der Waals surface area (Å²) in [4.78, 5) is 4.63. The Hall–Kier alpha value is -4.94. The summed E-state index contributed by atoms with van der Waals surface area (Å²) in [6.07, 6.45) is 5.30. The molecule has 0 radical (unpaired) electrons. The van der Waals surface area contributed by atoms with Crippen LogP contribution in [0.4, 0.5) is 4.39 Å². The number of para-hydroxylation sites is 1. The number of ether oxygens (including phenoxy) is 3. The van der Waals surface area contributed by atoms with Gasteiger partial charge in [-0.05, 0) is 79.2 Å². The number of methoxy groups -OCH3 is 2. The minimum atomic E-state index is -0.489. The van der Waals surface area contributed by atoms with Crippen molar-refractivity contribution in [1.29, 1.82) is 0 Å². The van der Waals surface area contributed by atoms with Gasteiger partial charge in [0.15, 0.2) is 0 Å². The van der Waals surface area contributed by atoms with Crippen molar-refractivity contribution >= 4 is 21.8 Å². The zero-order chi connectivity index (χ0) is 32.1. The number of halogens is 1. The van der Waals surface area contributed by atoms with Gasteiger partial charge in [-0.15, -0.1) is 29.7 Å². The fourth-order valence-electron chi connectivity index (χ4n) is 6.06. The number of hydrogen-bond acceptors (Lipinski definition) is 5. The van der Waals surface area contributed by atoms with E-state index in [9.17, 15) is 0 Å². The molecule has 0 saturated carbocycles. The fourth-order valence-corrected chi connectivity index (χ4v) is 6.06. The smallest absolute Gasteiger partial charge is 0.509 e. The molecule has 4 aromatic carbocycles. The maximum Gasteiger partial charge on any atom is 2.00 e. The van der Waals surface area contributed by atoms with E-state index in [0.717, 1.165) is 61.0 Å². The largest absolute Gasteiger partial charge is 2.00 e. The minimum absolute atomic E-state index is 0. The van der Waals surface area contributed by atoms with E-state index in [0.29, 0.717) is 22.9 Å². The maximum atomic E-state index is 15.0. The van der Waals surface area contributed by atoms with Crippen LogP contribution in [0.5, 0.6) is 23.0 Å². The van der Waals surface area contributed by atoms with Crippen LogP contribution in [-0.2, 0) is 21.1 Å². The summed E-state index contributed by atoms with van der Waals surface area (Å²) >= 11 is 0. The van der Waals surface area contributed by atoms with E-state index < -0.39 is 5.82 Å². The number of rotatable bonds is 7. The van der Waals surface area contributed by atoms with Crippen LogP contribution >= 0.6 is 0 Å². The molecule has 0 unspecified atom stereocenters. The Morgan fingerprint density at radius 1 is 0.787 bits per heavy atom.